The van der Waals surface area contributed by atoms with Gasteiger partial charge in [-0.05, 0) is 5.75 Å². The molecule has 0 radical (unpaired) electrons. The number of nitrogens with one attached hydrogen (secondary N) is 1. The van der Waals surface area contributed by atoms with Crippen molar-refractivity contribution in [2.24, 2.45) is 0 Å². The number of thioether (sulfide) groups is 1. The first kappa shape index (κ1) is 8.13. The molecule has 0 atom stereocenters. The summed E-state index contributed by atoms with van der Waals surface area (Å²) in [5, 5.41) is 0.675. The van der Waals surface area contributed by atoms with E-state index in [2.05, 4.69) is 9.97 Å². The minimum absolute atomic E-state index is 0.174. The van der Waals surface area contributed by atoms with Crippen LogP contribution < -0.4 is 11.3 Å². The molecule has 0 aromatic carbocycles. The normalized spacial score (nSPS) is 9.91. The summed E-state index contributed by atoms with van der Waals surface area (Å²) >= 11 is 1.49. The zero-order valence-corrected chi connectivity index (χ0v) is 6.94. The first-order chi connectivity index (χ1) is 5.22. The Balaban J connectivity index is 2.99. The molecule has 0 aliphatic rings. The van der Waals surface area contributed by atoms with E-state index in [4.69, 9.17) is 5.73 Å². The smallest absolute Gasteiger partial charge is 0.253 e. The fourth-order valence-corrected chi connectivity index (χ4v) is 1.32. The summed E-state index contributed by atoms with van der Waals surface area (Å²) < 4.78 is 0. The first-order valence-corrected chi connectivity index (χ1v) is 4.20. The predicted octanol–water partition coefficient (Wildman–Crippen LogP) is 0.464. The zero-order valence-electron chi connectivity index (χ0n) is 6.13. The maximum Gasteiger partial charge on any atom is 0.253 e. The lowest BCUT2D eigenvalue weighted by Crippen LogP contribution is -2.09. The van der Waals surface area contributed by atoms with Crippen LogP contribution in [0.4, 0.5) is 5.95 Å². The quantitative estimate of drug-likeness (QED) is 0.501. The third kappa shape index (κ3) is 2.27. The summed E-state index contributed by atoms with van der Waals surface area (Å²) in [6.45, 7) is 1.99. The van der Waals surface area contributed by atoms with Crippen LogP contribution in [0, 0.1) is 0 Å². The Kier molecular flexibility index (Phi) is 2.53. The third-order valence-corrected chi connectivity index (χ3v) is 1.82. The first-order valence-electron chi connectivity index (χ1n) is 3.22. The number of H-pyrrole nitrogens is 1. The molecule has 0 saturated carbocycles. The highest BCUT2D eigenvalue weighted by Gasteiger charge is 1.96. The molecule has 0 unspecified atom stereocenters. The molecular weight excluding hydrogens is 162 g/mol. The molecule has 0 fully saturated rings. The SMILES string of the molecule is CCSc1cc(=O)[nH]c(N)n1. The third-order valence-electron chi connectivity index (χ3n) is 1.03. The molecule has 4 nitrogen and oxygen atoms in total. The zero-order chi connectivity index (χ0) is 8.27. The van der Waals surface area contributed by atoms with Crippen molar-refractivity contribution >= 4 is 17.7 Å². The molecule has 1 aromatic rings. The van der Waals surface area contributed by atoms with Crippen LogP contribution in [0.15, 0.2) is 15.9 Å². The van der Waals surface area contributed by atoms with Crippen LogP contribution in [0.1, 0.15) is 6.92 Å². The van der Waals surface area contributed by atoms with Gasteiger partial charge in [0.05, 0.1) is 0 Å². The van der Waals surface area contributed by atoms with Crippen molar-refractivity contribution in [2.45, 2.75) is 11.9 Å². The lowest BCUT2D eigenvalue weighted by atomic mass is 10.6. The lowest BCUT2D eigenvalue weighted by molar-refractivity contribution is 1.03. The minimum atomic E-state index is -0.201. The van der Waals surface area contributed by atoms with Gasteiger partial charge in [-0.1, -0.05) is 6.92 Å². The molecule has 60 valence electrons. The molecule has 0 spiro atoms. The van der Waals surface area contributed by atoms with Crippen LogP contribution >= 0.6 is 11.8 Å². The lowest BCUT2D eigenvalue weighted by Gasteiger charge is -1.96. The molecule has 0 bridgehead atoms. The van der Waals surface area contributed by atoms with Gasteiger partial charge in [0.1, 0.15) is 5.03 Å². The highest BCUT2D eigenvalue weighted by atomic mass is 32.2. The van der Waals surface area contributed by atoms with Gasteiger partial charge in [0, 0.05) is 6.07 Å². The molecule has 0 saturated heterocycles. The summed E-state index contributed by atoms with van der Waals surface area (Å²) in [5.74, 6) is 1.06. The van der Waals surface area contributed by atoms with Gasteiger partial charge in [-0.3, -0.25) is 9.78 Å². The Morgan fingerprint density at radius 1 is 1.82 bits per heavy atom. The topological polar surface area (TPSA) is 71.8 Å². The standard InChI is InChI=1S/C6H9N3OS/c1-2-11-5-3-4(10)8-6(7)9-5/h3H,2H2,1H3,(H3,7,8,9,10). The van der Waals surface area contributed by atoms with E-state index in [1.807, 2.05) is 6.92 Å². The molecule has 0 aliphatic carbocycles. The highest BCUT2D eigenvalue weighted by molar-refractivity contribution is 7.99. The molecule has 1 rings (SSSR count). The van der Waals surface area contributed by atoms with E-state index in [0.717, 1.165) is 5.75 Å². The van der Waals surface area contributed by atoms with E-state index in [0.29, 0.717) is 5.03 Å². The van der Waals surface area contributed by atoms with Crippen molar-refractivity contribution in [1.82, 2.24) is 9.97 Å². The van der Waals surface area contributed by atoms with Crippen LogP contribution in [0.2, 0.25) is 0 Å². The van der Waals surface area contributed by atoms with E-state index in [9.17, 15) is 4.79 Å². The number of aromatic amines is 1. The van der Waals surface area contributed by atoms with Crippen LogP contribution in [-0.4, -0.2) is 15.7 Å². The van der Waals surface area contributed by atoms with Crippen molar-refractivity contribution in [3.63, 3.8) is 0 Å². The Morgan fingerprint density at radius 2 is 2.55 bits per heavy atom. The van der Waals surface area contributed by atoms with E-state index in [-0.39, 0.29) is 11.5 Å². The average Bonchev–Trinajstić information content (AvgIpc) is 1.85. The number of rotatable bonds is 2. The van der Waals surface area contributed by atoms with Crippen LogP contribution in [0.3, 0.4) is 0 Å². The summed E-state index contributed by atoms with van der Waals surface area (Å²) in [7, 11) is 0. The molecule has 1 aromatic heterocycles. The van der Waals surface area contributed by atoms with Crippen molar-refractivity contribution in [3.8, 4) is 0 Å². The molecule has 11 heavy (non-hydrogen) atoms. The average molecular weight is 171 g/mol. The Hall–Kier alpha value is -0.970. The number of hydrogen-bond donors (Lipinski definition) is 2. The number of aromatic nitrogens is 2. The summed E-state index contributed by atoms with van der Waals surface area (Å²) in [4.78, 5) is 17.1. The van der Waals surface area contributed by atoms with Crippen molar-refractivity contribution in [1.29, 1.82) is 0 Å². The van der Waals surface area contributed by atoms with Crippen LogP contribution in [0.25, 0.3) is 0 Å². The molecule has 3 N–H and O–H groups in total. The maximum atomic E-state index is 10.8. The summed E-state index contributed by atoms with van der Waals surface area (Å²) in [5.41, 5.74) is 5.11. The number of nitrogens with zero attached hydrogens (tertiary/aromatic N) is 1. The van der Waals surface area contributed by atoms with Crippen LogP contribution in [-0.2, 0) is 0 Å². The minimum Gasteiger partial charge on any atom is -0.369 e. The Morgan fingerprint density at radius 3 is 3.09 bits per heavy atom. The van der Waals surface area contributed by atoms with Crippen LogP contribution in [0.5, 0.6) is 0 Å². The second-order valence-electron chi connectivity index (χ2n) is 1.90. The number of nitrogen functional groups attached to an aromatic ring is 1. The Bertz CT molecular complexity index is 296. The van der Waals surface area contributed by atoms with E-state index in [1.54, 1.807) is 0 Å². The fourth-order valence-electron chi connectivity index (χ4n) is 0.675. The second kappa shape index (κ2) is 3.43. The van der Waals surface area contributed by atoms with E-state index >= 15 is 0 Å². The highest BCUT2D eigenvalue weighted by Crippen LogP contribution is 2.11. The largest absolute Gasteiger partial charge is 0.369 e. The molecule has 5 heteroatoms. The molecule has 1 heterocycles. The van der Waals surface area contributed by atoms with Gasteiger partial charge in [-0.2, -0.15) is 0 Å². The predicted molar refractivity (Wildman–Crippen MR) is 45.7 cm³/mol. The van der Waals surface area contributed by atoms with Gasteiger partial charge in [-0.15, -0.1) is 11.8 Å². The van der Waals surface area contributed by atoms with Crippen molar-refractivity contribution < 1.29 is 0 Å². The molecule has 0 aliphatic heterocycles. The number of hydrogen-bond acceptors (Lipinski definition) is 4. The van der Waals surface area contributed by atoms with Crippen molar-refractivity contribution in [2.75, 3.05) is 11.5 Å². The summed E-state index contributed by atoms with van der Waals surface area (Å²) in [6, 6.07) is 1.44. The van der Waals surface area contributed by atoms with E-state index < -0.39 is 0 Å². The Labute approximate surface area is 68.2 Å². The summed E-state index contributed by atoms with van der Waals surface area (Å²) in [6.07, 6.45) is 0. The fraction of sp³-hybridized carbons (Fsp3) is 0.333. The number of nitrogens with two attached hydrogens (primary N) is 1. The van der Waals surface area contributed by atoms with Gasteiger partial charge in [0.15, 0.2) is 0 Å². The van der Waals surface area contributed by atoms with Gasteiger partial charge in [-0.25, -0.2) is 4.98 Å². The maximum absolute atomic E-state index is 10.8. The van der Waals surface area contributed by atoms with Gasteiger partial charge < -0.3 is 5.73 Å². The molecule has 0 amide bonds. The monoisotopic (exact) mass is 171 g/mol. The van der Waals surface area contributed by atoms with Gasteiger partial charge in [0.2, 0.25) is 5.95 Å². The number of anilines is 1. The van der Waals surface area contributed by atoms with Crippen molar-refractivity contribution in [3.05, 3.63) is 16.4 Å². The second-order valence-corrected chi connectivity index (χ2v) is 3.19. The van der Waals surface area contributed by atoms with E-state index in [1.165, 1.54) is 17.8 Å². The molecular formula is C6H9N3OS. The van der Waals surface area contributed by atoms with Gasteiger partial charge >= 0.3 is 0 Å². The van der Waals surface area contributed by atoms with Gasteiger partial charge in [0.25, 0.3) is 5.56 Å².